The fraction of sp³-hybridized carbons (Fsp3) is 0.667. The van der Waals surface area contributed by atoms with Gasteiger partial charge in [-0.2, -0.15) is 5.10 Å². The summed E-state index contributed by atoms with van der Waals surface area (Å²) in [6, 6.07) is 0. The first-order chi connectivity index (χ1) is 11.1. The molecule has 1 saturated heterocycles. The summed E-state index contributed by atoms with van der Waals surface area (Å²) in [6.07, 6.45) is 0.960. The number of hydrogen-bond donors (Lipinski definition) is 0. The molecule has 23 heavy (non-hydrogen) atoms. The monoisotopic (exact) mass is 339 g/mol. The molecule has 8 heteroatoms. The highest BCUT2D eigenvalue weighted by Gasteiger charge is 2.29. The molecule has 2 aliphatic rings. The van der Waals surface area contributed by atoms with Gasteiger partial charge in [0.15, 0.2) is 5.69 Å². The van der Waals surface area contributed by atoms with Gasteiger partial charge in [0, 0.05) is 32.7 Å². The summed E-state index contributed by atoms with van der Waals surface area (Å²) >= 11 is 6.51. The van der Waals surface area contributed by atoms with E-state index in [4.69, 9.17) is 16.3 Å². The van der Waals surface area contributed by atoms with Gasteiger partial charge < -0.3 is 9.64 Å². The zero-order valence-electron chi connectivity index (χ0n) is 13.4. The number of amides is 1. The van der Waals surface area contributed by atoms with Crippen LogP contribution in [-0.2, 0) is 17.8 Å². The van der Waals surface area contributed by atoms with Gasteiger partial charge in [-0.05, 0) is 20.1 Å². The number of rotatable bonds is 3. The van der Waals surface area contributed by atoms with E-state index < -0.39 is 0 Å². The second-order valence-electron chi connectivity index (χ2n) is 5.88. The van der Waals surface area contributed by atoms with Crippen LogP contribution in [-0.4, -0.2) is 71.2 Å². The van der Waals surface area contributed by atoms with Gasteiger partial charge in [0.2, 0.25) is 0 Å². The molecule has 3 heterocycles. The molecular weight excluding hydrogens is 318 g/mol. The van der Waals surface area contributed by atoms with Crippen molar-refractivity contribution in [1.29, 1.82) is 0 Å². The summed E-state index contributed by atoms with van der Waals surface area (Å²) < 4.78 is 7.16. The second kappa shape index (κ2) is 6.98. The smallest absolute Gasteiger partial charge is 0.276 e. The Hall–Kier alpha value is -1.44. The first-order valence-corrected chi connectivity index (χ1v) is 8.31. The highest BCUT2D eigenvalue weighted by molar-refractivity contribution is 6.34. The van der Waals surface area contributed by atoms with Gasteiger partial charge in [-0.15, -0.1) is 0 Å². The lowest BCUT2D eigenvalue weighted by Gasteiger charge is -2.26. The first kappa shape index (κ1) is 16.4. The summed E-state index contributed by atoms with van der Waals surface area (Å²) in [7, 11) is 0. The number of carbonyl (C=O) groups excluding carboxylic acids is 1. The molecule has 1 atom stereocenters. The number of aryl methyl sites for hydroxylation is 1. The highest BCUT2D eigenvalue weighted by Crippen LogP contribution is 2.27. The van der Waals surface area contributed by atoms with Gasteiger partial charge in [-0.3, -0.25) is 19.4 Å². The number of morpholine rings is 1. The zero-order valence-corrected chi connectivity index (χ0v) is 14.1. The Morgan fingerprint density at radius 2 is 2.09 bits per heavy atom. The molecule has 0 aliphatic carbocycles. The molecule has 7 nitrogen and oxygen atoms in total. The molecule has 3 rings (SSSR count). The van der Waals surface area contributed by atoms with E-state index in [0.29, 0.717) is 43.6 Å². The minimum absolute atomic E-state index is 0.0194. The fourth-order valence-corrected chi connectivity index (χ4v) is 3.27. The predicted molar refractivity (Wildman–Crippen MR) is 88.0 cm³/mol. The third kappa shape index (κ3) is 3.27. The average molecular weight is 340 g/mol. The number of hydrogen-bond acceptors (Lipinski definition) is 5. The van der Waals surface area contributed by atoms with Crippen molar-refractivity contribution >= 4 is 24.2 Å². The van der Waals surface area contributed by atoms with Crippen LogP contribution in [0, 0.1) is 0 Å². The maximum absolute atomic E-state index is 12.7. The van der Waals surface area contributed by atoms with Crippen LogP contribution >= 0.6 is 11.6 Å². The van der Waals surface area contributed by atoms with E-state index in [9.17, 15) is 4.79 Å². The predicted octanol–water partition coefficient (Wildman–Crippen LogP) is 1.26. The van der Waals surface area contributed by atoms with Gasteiger partial charge in [0.1, 0.15) is 0 Å². The van der Waals surface area contributed by atoms with Crippen molar-refractivity contribution in [2.75, 3.05) is 32.8 Å². The van der Waals surface area contributed by atoms with Crippen LogP contribution in [0.5, 0.6) is 0 Å². The summed E-state index contributed by atoms with van der Waals surface area (Å²) in [5.41, 5.74) is 1.24. The summed E-state index contributed by atoms with van der Waals surface area (Å²) in [5, 5.41) is 4.95. The molecule has 0 radical (unpaired) electrons. The van der Waals surface area contributed by atoms with Crippen molar-refractivity contribution in [2.24, 2.45) is 4.99 Å². The molecule has 1 fully saturated rings. The fourth-order valence-electron chi connectivity index (χ4n) is 2.99. The minimum Gasteiger partial charge on any atom is -0.378 e. The largest absolute Gasteiger partial charge is 0.378 e. The number of ether oxygens (including phenoxy) is 1. The van der Waals surface area contributed by atoms with E-state index in [1.165, 1.54) is 0 Å². The number of aromatic nitrogens is 2. The molecule has 1 aromatic rings. The van der Waals surface area contributed by atoms with Crippen molar-refractivity contribution in [3.05, 3.63) is 16.4 Å². The Labute approximate surface area is 140 Å². The number of fused-ring (bicyclic) bond motifs is 1. The lowest BCUT2D eigenvalue weighted by molar-refractivity contribution is 0.0298. The van der Waals surface area contributed by atoms with Crippen LogP contribution in [0.2, 0.25) is 5.02 Å². The highest BCUT2D eigenvalue weighted by atomic mass is 35.5. The van der Waals surface area contributed by atoms with Gasteiger partial charge in [0.25, 0.3) is 5.91 Å². The van der Waals surface area contributed by atoms with Crippen LogP contribution in [0.1, 0.15) is 29.5 Å². The van der Waals surface area contributed by atoms with Crippen molar-refractivity contribution in [3.8, 4) is 0 Å². The Morgan fingerprint density at radius 1 is 1.35 bits per heavy atom. The standard InChI is InChI=1S/C15H22ClN5O2/c1-11(17-2)20-4-3-5-21-12(10-20)13(16)14(18-21)15(22)19-6-8-23-9-7-19/h11H,2-10H2,1H3. The molecule has 1 aromatic heterocycles. The first-order valence-electron chi connectivity index (χ1n) is 7.94. The lowest BCUT2D eigenvalue weighted by Crippen LogP contribution is -2.41. The van der Waals surface area contributed by atoms with Crippen molar-refractivity contribution < 1.29 is 9.53 Å². The van der Waals surface area contributed by atoms with E-state index >= 15 is 0 Å². The zero-order chi connectivity index (χ0) is 16.4. The van der Waals surface area contributed by atoms with E-state index in [2.05, 4.69) is 21.7 Å². The van der Waals surface area contributed by atoms with Crippen LogP contribution in [0.25, 0.3) is 0 Å². The van der Waals surface area contributed by atoms with E-state index in [1.54, 1.807) is 4.90 Å². The van der Waals surface area contributed by atoms with Gasteiger partial charge in [0.05, 0.1) is 30.1 Å². The van der Waals surface area contributed by atoms with E-state index in [0.717, 1.165) is 25.2 Å². The topological polar surface area (TPSA) is 63.0 Å². The maximum Gasteiger partial charge on any atom is 0.276 e. The van der Waals surface area contributed by atoms with Crippen LogP contribution in [0.15, 0.2) is 4.99 Å². The minimum atomic E-state index is -0.111. The Bertz CT molecular complexity index is 597. The number of aliphatic imine (C=N–C) groups is 1. The van der Waals surface area contributed by atoms with Crippen LogP contribution in [0.3, 0.4) is 0 Å². The Kier molecular flexibility index (Phi) is 4.99. The van der Waals surface area contributed by atoms with E-state index in [-0.39, 0.29) is 12.1 Å². The van der Waals surface area contributed by atoms with Crippen molar-refractivity contribution in [3.63, 3.8) is 0 Å². The van der Waals surface area contributed by atoms with Crippen molar-refractivity contribution in [1.82, 2.24) is 19.6 Å². The Balaban J connectivity index is 1.85. The molecule has 0 N–H and O–H groups in total. The third-order valence-electron chi connectivity index (χ3n) is 4.46. The van der Waals surface area contributed by atoms with Crippen LogP contribution < -0.4 is 0 Å². The van der Waals surface area contributed by atoms with E-state index in [1.807, 2.05) is 11.6 Å². The molecule has 126 valence electrons. The van der Waals surface area contributed by atoms with Gasteiger partial charge in [-0.25, -0.2) is 0 Å². The van der Waals surface area contributed by atoms with Crippen LogP contribution in [0.4, 0.5) is 0 Å². The molecule has 1 unspecified atom stereocenters. The molecule has 0 saturated carbocycles. The average Bonchev–Trinajstić information content (AvgIpc) is 2.76. The summed E-state index contributed by atoms with van der Waals surface area (Å²) in [6.45, 7) is 10.2. The quantitative estimate of drug-likeness (QED) is 0.778. The van der Waals surface area contributed by atoms with Crippen molar-refractivity contribution in [2.45, 2.75) is 32.6 Å². The Morgan fingerprint density at radius 3 is 2.78 bits per heavy atom. The lowest BCUT2D eigenvalue weighted by atomic mass is 10.2. The maximum atomic E-state index is 12.7. The molecular formula is C15H22ClN5O2. The molecule has 0 bridgehead atoms. The SMILES string of the molecule is C=NC(C)N1CCCn2nc(C(=O)N3CCOCC3)c(Cl)c2C1. The molecule has 1 amide bonds. The van der Waals surface area contributed by atoms with Gasteiger partial charge in [-0.1, -0.05) is 11.6 Å². The molecule has 2 aliphatic heterocycles. The molecule has 0 aromatic carbocycles. The second-order valence-corrected chi connectivity index (χ2v) is 6.25. The number of halogens is 1. The third-order valence-corrected chi connectivity index (χ3v) is 4.85. The normalized spacial score (nSPS) is 20.7. The molecule has 0 spiro atoms. The summed E-state index contributed by atoms with van der Waals surface area (Å²) in [4.78, 5) is 20.7. The van der Waals surface area contributed by atoms with Gasteiger partial charge >= 0.3 is 0 Å². The number of carbonyl (C=O) groups is 1. The number of nitrogens with zero attached hydrogens (tertiary/aromatic N) is 5. The summed E-state index contributed by atoms with van der Waals surface area (Å²) in [5.74, 6) is -0.111.